The van der Waals surface area contributed by atoms with E-state index < -0.39 is 6.04 Å². The SMILES string of the molecule is Cc1nc2c(Cl)ccc(C(=O)N[C@H](C)C(=O)N3CCC4(CC3)CC4)c2[nH]1. The second-order valence-corrected chi connectivity index (χ2v) is 8.07. The quantitative estimate of drug-likeness (QED) is 0.866. The summed E-state index contributed by atoms with van der Waals surface area (Å²) in [6, 6.07) is 2.75. The van der Waals surface area contributed by atoms with Crippen molar-refractivity contribution in [1.29, 1.82) is 0 Å². The zero-order valence-corrected chi connectivity index (χ0v) is 15.8. The van der Waals surface area contributed by atoms with E-state index in [1.807, 2.05) is 11.8 Å². The fourth-order valence-electron chi connectivity index (χ4n) is 3.86. The highest BCUT2D eigenvalue weighted by Crippen LogP contribution is 2.53. The van der Waals surface area contributed by atoms with Crippen LogP contribution in [-0.2, 0) is 4.79 Å². The molecule has 1 spiro atoms. The number of rotatable bonds is 3. The van der Waals surface area contributed by atoms with Crippen molar-refractivity contribution in [3.8, 4) is 0 Å². The highest BCUT2D eigenvalue weighted by molar-refractivity contribution is 6.35. The van der Waals surface area contributed by atoms with Crippen LogP contribution in [0.25, 0.3) is 11.0 Å². The monoisotopic (exact) mass is 374 g/mol. The van der Waals surface area contributed by atoms with Gasteiger partial charge in [-0.2, -0.15) is 0 Å². The Kier molecular flexibility index (Phi) is 4.18. The van der Waals surface area contributed by atoms with Crippen LogP contribution in [-0.4, -0.2) is 45.8 Å². The Morgan fingerprint density at radius 2 is 1.96 bits per heavy atom. The Morgan fingerprint density at radius 3 is 2.62 bits per heavy atom. The zero-order valence-electron chi connectivity index (χ0n) is 15.1. The van der Waals surface area contributed by atoms with Crippen LogP contribution in [0.5, 0.6) is 0 Å². The number of H-pyrrole nitrogens is 1. The summed E-state index contributed by atoms with van der Waals surface area (Å²) in [6.07, 6.45) is 4.78. The first-order valence-corrected chi connectivity index (χ1v) is 9.51. The van der Waals surface area contributed by atoms with Crippen molar-refractivity contribution in [3.05, 3.63) is 28.5 Å². The van der Waals surface area contributed by atoms with Crippen molar-refractivity contribution in [1.82, 2.24) is 20.2 Å². The van der Waals surface area contributed by atoms with Crippen molar-refractivity contribution in [3.63, 3.8) is 0 Å². The smallest absolute Gasteiger partial charge is 0.254 e. The third kappa shape index (κ3) is 3.07. The molecule has 2 aromatic rings. The van der Waals surface area contributed by atoms with Crippen molar-refractivity contribution in [2.24, 2.45) is 5.41 Å². The van der Waals surface area contributed by atoms with Crippen LogP contribution in [0.4, 0.5) is 0 Å². The van der Waals surface area contributed by atoms with Crippen LogP contribution in [0.2, 0.25) is 5.02 Å². The number of aromatic amines is 1. The van der Waals surface area contributed by atoms with Crippen LogP contribution in [0, 0.1) is 12.3 Å². The lowest BCUT2D eigenvalue weighted by Gasteiger charge is -2.33. The summed E-state index contributed by atoms with van der Waals surface area (Å²) < 4.78 is 0. The van der Waals surface area contributed by atoms with Crippen LogP contribution in [0.1, 0.15) is 48.8 Å². The molecule has 2 aliphatic rings. The molecule has 1 saturated carbocycles. The number of piperidine rings is 1. The number of carbonyl (C=O) groups excluding carboxylic acids is 2. The van der Waals surface area contributed by atoms with Crippen molar-refractivity contribution >= 4 is 34.4 Å². The standard InChI is InChI=1S/C19H23ClN4O2/c1-11(18(26)24-9-7-19(5-6-19)8-10-24)21-17(25)13-3-4-14(20)16-15(13)22-12(2)23-16/h3-4,11H,5-10H2,1-2H3,(H,21,25)(H,22,23)/t11-/m1/s1. The van der Waals surface area contributed by atoms with Crippen molar-refractivity contribution in [2.45, 2.75) is 45.6 Å². The number of hydrogen-bond acceptors (Lipinski definition) is 3. The van der Waals surface area contributed by atoms with Gasteiger partial charge in [0, 0.05) is 13.1 Å². The highest BCUT2D eigenvalue weighted by atomic mass is 35.5. The molecule has 6 nitrogen and oxygen atoms in total. The molecular formula is C19H23ClN4O2. The number of nitrogens with one attached hydrogen (secondary N) is 2. The van der Waals surface area contributed by atoms with Gasteiger partial charge in [-0.25, -0.2) is 4.98 Å². The van der Waals surface area contributed by atoms with E-state index in [1.165, 1.54) is 12.8 Å². The van der Waals surface area contributed by atoms with Gasteiger partial charge in [0.2, 0.25) is 5.91 Å². The van der Waals surface area contributed by atoms with E-state index in [2.05, 4.69) is 15.3 Å². The fraction of sp³-hybridized carbons (Fsp3) is 0.526. The molecule has 2 fully saturated rings. The van der Waals surface area contributed by atoms with Gasteiger partial charge < -0.3 is 15.2 Å². The number of nitrogens with zero attached hydrogens (tertiary/aromatic N) is 2. The van der Waals surface area contributed by atoms with E-state index in [4.69, 9.17) is 11.6 Å². The number of likely N-dealkylation sites (tertiary alicyclic amines) is 1. The van der Waals surface area contributed by atoms with E-state index >= 15 is 0 Å². The third-order valence-electron chi connectivity index (χ3n) is 5.77. The molecule has 1 aromatic heterocycles. The largest absolute Gasteiger partial charge is 0.342 e. The Labute approximate surface area is 157 Å². The number of benzene rings is 1. The number of imidazole rings is 1. The van der Waals surface area contributed by atoms with Gasteiger partial charge in [-0.1, -0.05) is 11.6 Å². The predicted molar refractivity (Wildman–Crippen MR) is 100 cm³/mol. The highest BCUT2D eigenvalue weighted by Gasteiger charge is 2.45. The number of fused-ring (bicyclic) bond motifs is 1. The summed E-state index contributed by atoms with van der Waals surface area (Å²) in [5.74, 6) is 0.375. The maximum Gasteiger partial charge on any atom is 0.254 e. The zero-order chi connectivity index (χ0) is 18.5. The van der Waals surface area contributed by atoms with Gasteiger partial charge in [-0.05, 0) is 57.1 Å². The third-order valence-corrected chi connectivity index (χ3v) is 6.07. The fourth-order valence-corrected chi connectivity index (χ4v) is 4.06. The van der Waals surface area contributed by atoms with Crippen LogP contribution in [0.3, 0.4) is 0 Å². The second-order valence-electron chi connectivity index (χ2n) is 7.66. The van der Waals surface area contributed by atoms with Gasteiger partial charge in [-0.3, -0.25) is 9.59 Å². The summed E-state index contributed by atoms with van der Waals surface area (Å²) in [4.78, 5) is 34.7. The lowest BCUT2D eigenvalue weighted by Crippen LogP contribution is -2.49. The normalized spacial score (nSPS) is 19.6. The summed E-state index contributed by atoms with van der Waals surface area (Å²) >= 11 is 6.16. The van der Waals surface area contributed by atoms with Crippen LogP contribution < -0.4 is 5.32 Å². The average Bonchev–Trinajstić information content (AvgIpc) is 3.24. The summed E-state index contributed by atoms with van der Waals surface area (Å²) in [7, 11) is 0. The molecule has 0 unspecified atom stereocenters. The molecule has 0 radical (unpaired) electrons. The van der Waals surface area contributed by atoms with E-state index in [9.17, 15) is 9.59 Å². The Balaban J connectivity index is 1.46. The lowest BCUT2D eigenvalue weighted by molar-refractivity contribution is -0.134. The van der Waals surface area contributed by atoms with Gasteiger partial charge in [0.25, 0.3) is 5.91 Å². The molecular weight excluding hydrogens is 352 g/mol. The van der Waals surface area contributed by atoms with Gasteiger partial charge in [0.15, 0.2) is 0 Å². The average molecular weight is 375 g/mol. The molecule has 2 heterocycles. The molecule has 26 heavy (non-hydrogen) atoms. The Bertz CT molecular complexity index is 877. The van der Waals surface area contributed by atoms with Gasteiger partial charge in [0.1, 0.15) is 17.4 Å². The minimum absolute atomic E-state index is 0.0140. The molecule has 2 amide bonds. The number of aryl methyl sites for hydroxylation is 1. The number of carbonyl (C=O) groups is 2. The molecule has 1 aliphatic heterocycles. The minimum Gasteiger partial charge on any atom is -0.342 e. The maximum absolute atomic E-state index is 12.7. The molecule has 138 valence electrons. The molecule has 2 N–H and O–H groups in total. The molecule has 7 heteroatoms. The van der Waals surface area contributed by atoms with E-state index in [0.717, 1.165) is 25.9 Å². The summed E-state index contributed by atoms with van der Waals surface area (Å²) in [5, 5.41) is 3.32. The van der Waals surface area contributed by atoms with Crippen LogP contribution in [0.15, 0.2) is 12.1 Å². The molecule has 1 aliphatic carbocycles. The van der Waals surface area contributed by atoms with Gasteiger partial charge in [0.05, 0.1) is 16.1 Å². The second kappa shape index (κ2) is 6.27. The molecule has 1 atom stereocenters. The number of hydrogen-bond donors (Lipinski definition) is 2. The molecule has 0 bridgehead atoms. The maximum atomic E-state index is 12.7. The first-order valence-electron chi connectivity index (χ1n) is 9.13. The van der Waals surface area contributed by atoms with E-state index in [0.29, 0.717) is 32.9 Å². The van der Waals surface area contributed by atoms with Crippen LogP contribution >= 0.6 is 11.6 Å². The van der Waals surface area contributed by atoms with E-state index in [1.54, 1.807) is 19.1 Å². The lowest BCUT2D eigenvalue weighted by atomic mass is 9.93. The Morgan fingerprint density at radius 1 is 1.27 bits per heavy atom. The first kappa shape index (κ1) is 17.3. The topological polar surface area (TPSA) is 78.1 Å². The van der Waals surface area contributed by atoms with E-state index in [-0.39, 0.29) is 11.8 Å². The molecule has 1 aromatic carbocycles. The molecule has 1 saturated heterocycles. The first-order chi connectivity index (χ1) is 12.4. The van der Waals surface area contributed by atoms with Gasteiger partial charge in [-0.15, -0.1) is 0 Å². The number of aromatic nitrogens is 2. The number of amides is 2. The van der Waals surface area contributed by atoms with Crippen molar-refractivity contribution < 1.29 is 9.59 Å². The minimum atomic E-state index is -0.564. The number of halogens is 1. The Hall–Kier alpha value is -2.08. The van der Waals surface area contributed by atoms with Crippen molar-refractivity contribution in [2.75, 3.05) is 13.1 Å². The predicted octanol–water partition coefficient (Wildman–Crippen LogP) is 3.05. The summed E-state index contributed by atoms with van der Waals surface area (Å²) in [6.45, 7) is 5.15. The molecule has 4 rings (SSSR count). The summed E-state index contributed by atoms with van der Waals surface area (Å²) in [5.41, 5.74) is 2.14. The van der Waals surface area contributed by atoms with Gasteiger partial charge >= 0.3 is 0 Å².